The second kappa shape index (κ2) is 9.97. The highest BCUT2D eigenvalue weighted by atomic mass is 16.5. The third-order valence-corrected chi connectivity index (χ3v) is 5.33. The molecule has 0 aliphatic carbocycles. The van der Waals surface area contributed by atoms with Crippen LogP contribution in [0.15, 0.2) is 66.3 Å². The zero-order valence-electron chi connectivity index (χ0n) is 18.1. The highest BCUT2D eigenvalue weighted by molar-refractivity contribution is 5.80. The van der Waals surface area contributed by atoms with Crippen LogP contribution >= 0.6 is 0 Å². The smallest absolute Gasteiger partial charge is 0.194 e. The summed E-state index contributed by atoms with van der Waals surface area (Å²) in [6.45, 7) is 7.18. The maximum absolute atomic E-state index is 5.53. The van der Waals surface area contributed by atoms with Gasteiger partial charge in [-0.3, -0.25) is 4.57 Å². The lowest BCUT2D eigenvalue weighted by molar-refractivity contribution is 0.367. The number of imidazole rings is 1. The maximum atomic E-state index is 5.53. The van der Waals surface area contributed by atoms with E-state index in [1.54, 1.807) is 19.6 Å². The van der Waals surface area contributed by atoms with E-state index < -0.39 is 0 Å². The summed E-state index contributed by atoms with van der Waals surface area (Å²) >= 11 is 0. The number of benzene rings is 1. The maximum Gasteiger partial charge on any atom is 0.194 e. The van der Waals surface area contributed by atoms with Crippen molar-refractivity contribution in [3.63, 3.8) is 0 Å². The molecule has 0 atom stereocenters. The molecule has 0 radical (unpaired) electrons. The number of anilines is 1. The summed E-state index contributed by atoms with van der Waals surface area (Å²) in [5.41, 5.74) is 2.26. The van der Waals surface area contributed by atoms with Crippen molar-refractivity contribution in [3.05, 3.63) is 66.9 Å². The molecule has 3 heterocycles. The van der Waals surface area contributed by atoms with Crippen LogP contribution in [0.5, 0.6) is 5.75 Å². The Balaban J connectivity index is 1.42. The number of pyridine rings is 1. The van der Waals surface area contributed by atoms with E-state index in [0.29, 0.717) is 6.54 Å². The van der Waals surface area contributed by atoms with E-state index in [0.717, 1.165) is 61.5 Å². The van der Waals surface area contributed by atoms with Crippen molar-refractivity contribution in [1.82, 2.24) is 24.8 Å². The molecule has 8 heteroatoms. The van der Waals surface area contributed by atoms with Gasteiger partial charge in [-0.25, -0.2) is 15.0 Å². The highest BCUT2D eigenvalue weighted by Gasteiger charge is 2.21. The molecular formula is C23H29N7O. The van der Waals surface area contributed by atoms with Crippen LogP contribution in [0, 0.1) is 0 Å². The Hall–Kier alpha value is -3.55. The Labute approximate surface area is 183 Å². The summed E-state index contributed by atoms with van der Waals surface area (Å²) in [5.74, 6) is 2.71. The van der Waals surface area contributed by atoms with Gasteiger partial charge in [0.15, 0.2) is 5.96 Å². The van der Waals surface area contributed by atoms with Gasteiger partial charge in [-0.2, -0.15) is 0 Å². The number of methoxy groups -OCH3 is 1. The minimum atomic E-state index is 0.597. The molecular weight excluding hydrogens is 390 g/mol. The van der Waals surface area contributed by atoms with E-state index in [-0.39, 0.29) is 0 Å². The van der Waals surface area contributed by atoms with E-state index in [2.05, 4.69) is 44.1 Å². The van der Waals surface area contributed by atoms with Gasteiger partial charge in [0.2, 0.25) is 0 Å². The van der Waals surface area contributed by atoms with Gasteiger partial charge < -0.3 is 19.9 Å². The van der Waals surface area contributed by atoms with Crippen LogP contribution in [0.2, 0.25) is 0 Å². The van der Waals surface area contributed by atoms with Gasteiger partial charge in [0.25, 0.3) is 0 Å². The van der Waals surface area contributed by atoms with Gasteiger partial charge in [0.05, 0.1) is 19.3 Å². The molecule has 1 saturated heterocycles. The second-order valence-electron chi connectivity index (χ2n) is 7.31. The largest absolute Gasteiger partial charge is 0.495 e. The van der Waals surface area contributed by atoms with Crippen LogP contribution in [-0.4, -0.2) is 65.2 Å². The number of ether oxygens (including phenoxy) is 1. The number of hydrogen-bond acceptors (Lipinski definition) is 5. The lowest BCUT2D eigenvalue weighted by Crippen LogP contribution is -2.52. The van der Waals surface area contributed by atoms with Crippen molar-refractivity contribution < 1.29 is 4.74 Å². The fraction of sp³-hybridized carbons (Fsp3) is 0.348. The third kappa shape index (κ3) is 4.96. The lowest BCUT2D eigenvalue weighted by atomic mass is 10.2. The number of nitrogens with zero attached hydrogens (tertiary/aromatic N) is 6. The number of hydrogen-bond donors (Lipinski definition) is 1. The highest BCUT2D eigenvalue weighted by Crippen LogP contribution is 2.28. The average molecular weight is 420 g/mol. The summed E-state index contributed by atoms with van der Waals surface area (Å²) in [6, 6.07) is 12.3. The molecule has 1 aliphatic rings. The molecule has 1 fully saturated rings. The Bertz CT molecular complexity index is 995. The zero-order valence-corrected chi connectivity index (χ0v) is 18.1. The number of aromatic nitrogens is 3. The van der Waals surface area contributed by atoms with Crippen molar-refractivity contribution in [2.75, 3.05) is 44.7 Å². The van der Waals surface area contributed by atoms with Gasteiger partial charge >= 0.3 is 0 Å². The van der Waals surface area contributed by atoms with Crippen LogP contribution < -0.4 is 15.0 Å². The third-order valence-electron chi connectivity index (χ3n) is 5.33. The summed E-state index contributed by atoms with van der Waals surface area (Å²) in [7, 11) is 1.72. The molecule has 1 aliphatic heterocycles. The summed E-state index contributed by atoms with van der Waals surface area (Å²) in [4.78, 5) is 18.1. The van der Waals surface area contributed by atoms with Crippen LogP contribution in [0.4, 0.5) is 5.69 Å². The Morgan fingerprint density at radius 2 is 1.97 bits per heavy atom. The first-order valence-corrected chi connectivity index (χ1v) is 10.6. The number of guanidine groups is 1. The van der Waals surface area contributed by atoms with Crippen molar-refractivity contribution >= 4 is 11.6 Å². The number of piperazine rings is 1. The number of nitrogens with one attached hydrogen (secondary N) is 1. The minimum Gasteiger partial charge on any atom is -0.495 e. The first-order chi connectivity index (χ1) is 15.3. The predicted molar refractivity (Wildman–Crippen MR) is 123 cm³/mol. The molecule has 31 heavy (non-hydrogen) atoms. The SMILES string of the molecule is CCNC(=NCc1ccnc(-n2ccnc2)c1)N1CCN(c2ccccc2OC)CC1. The molecule has 3 aromatic rings. The minimum absolute atomic E-state index is 0.597. The van der Waals surface area contributed by atoms with Crippen LogP contribution in [0.3, 0.4) is 0 Å². The molecule has 0 saturated carbocycles. The molecule has 0 unspecified atom stereocenters. The summed E-state index contributed by atoms with van der Waals surface area (Å²) < 4.78 is 7.43. The van der Waals surface area contributed by atoms with Gasteiger partial charge in [-0.15, -0.1) is 0 Å². The zero-order chi connectivity index (χ0) is 21.5. The number of aliphatic imine (C=N–C) groups is 1. The van der Waals surface area contributed by atoms with Crippen LogP contribution in [-0.2, 0) is 6.54 Å². The van der Waals surface area contributed by atoms with Crippen LogP contribution in [0.1, 0.15) is 12.5 Å². The van der Waals surface area contributed by atoms with Crippen molar-refractivity contribution in [2.45, 2.75) is 13.5 Å². The summed E-state index contributed by atoms with van der Waals surface area (Å²) in [5, 5.41) is 3.44. The monoisotopic (exact) mass is 419 g/mol. The first-order valence-electron chi connectivity index (χ1n) is 10.6. The van der Waals surface area contributed by atoms with E-state index in [1.165, 1.54) is 0 Å². The Morgan fingerprint density at radius 3 is 2.71 bits per heavy atom. The van der Waals surface area contributed by atoms with E-state index >= 15 is 0 Å². The average Bonchev–Trinajstić information content (AvgIpc) is 3.37. The molecule has 1 N–H and O–H groups in total. The molecule has 0 bridgehead atoms. The molecule has 2 aromatic heterocycles. The van der Waals surface area contributed by atoms with Crippen LogP contribution in [0.25, 0.3) is 5.82 Å². The molecule has 8 nitrogen and oxygen atoms in total. The molecule has 0 spiro atoms. The van der Waals surface area contributed by atoms with Crippen molar-refractivity contribution in [2.24, 2.45) is 4.99 Å². The molecule has 4 rings (SSSR count). The summed E-state index contributed by atoms with van der Waals surface area (Å²) in [6.07, 6.45) is 7.21. The fourth-order valence-electron chi connectivity index (χ4n) is 3.74. The van der Waals surface area contributed by atoms with Crippen molar-refractivity contribution in [3.8, 4) is 11.6 Å². The number of para-hydroxylation sites is 2. The Morgan fingerprint density at radius 1 is 1.13 bits per heavy atom. The Kier molecular flexibility index (Phi) is 6.66. The normalized spacial score (nSPS) is 14.6. The topological polar surface area (TPSA) is 70.8 Å². The lowest BCUT2D eigenvalue weighted by Gasteiger charge is -2.38. The molecule has 162 valence electrons. The fourth-order valence-corrected chi connectivity index (χ4v) is 3.74. The van der Waals surface area contributed by atoms with Gasteiger partial charge in [-0.05, 0) is 36.8 Å². The van der Waals surface area contributed by atoms with E-state index in [1.807, 2.05) is 41.2 Å². The van der Waals surface area contributed by atoms with Gasteiger partial charge in [0.1, 0.15) is 17.9 Å². The van der Waals surface area contributed by atoms with E-state index in [9.17, 15) is 0 Å². The quantitative estimate of drug-likeness (QED) is 0.489. The standard InChI is InChI=1S/C23H29N7O/c1-3-25-23(27-17-19-8-9-26-22(16-19)30-11-10-24-18-30)29-14-12-28(13-15-29)20-6-4-5-7-21(20)31-2/h4-11,16,18H,3,12-15,17H2,1-2H3,(H,25,27). The predicted octanol–water partition coefficient (Wildman–Crippen LogP) is 2.56. The van der Waals surface area contributed by atoms with Gasteiger partial charge in [0, 0.05) is 51.3 Å². The molecule has 0 amide bonds. The van der Waals surface area contributed by atoms with E-state index in [4.69, 9.17) is 9.73 Å². The van der Waals surface area contributed by atoms with Gasteiger partial charge in [-0.1, -0.05) is 12.1 Å². The second-order valence-corrected chi connectivity index (χ2v) is 7.31. The number of rotatable bonds is 6. The molecule has 1 aromatic carbocycles. The van der Waals surface area contributed by atoms with Crippen molar-refractivity contribution in [1.29, 1.82) is 0 Å². The first kappa shape index (κ1) is 20.7.